The molecule has 0 saturated heterocycles. The van der Waals surface area contributed by atoms with Gasteiger partial charge < -0.3 is 10.1 Å². The van der Waals surface area contributed by atoms with Gasteiger partial charge in [-0.25, -0.2) is 0 Å². The summed E-state index contributed by atoms with van der Waals surface area (Å²) in [6.07, 6.45) is 3.31. The van der Waals surface area contributed by atoms with E-state index in [1.807, 2.05) is 6.92 Å². The van der Waals surface area contributed by atoms with Crippen LogP contribution < -0.4 is 10.1 Å². The van der Waals surface area contributed by atoms with Crippen LogP contribution in [0.5, 0.6) is 5.75 Å². The number of rotatable bonds is 7. The van der Waals surface area contributed by atoms with Gasteiger partial charge in [0.2, 0.25) is 0 Å². The van der Waals surface area contributed by atoms with E-state index in [4.69, 9.17) is 4.74 Å². The first-order chi connectivity index (χ1) is 9.04. The maximum Gasteiger partial charge on any atom is 0.311 e. The monoisotopic (exact) mass is 264 g/mol. The molecule has 0 radical (unpaired) electrons. The van der Waals surface area contributed by atoms with Crippen molar-refractivity contribution in [3.63, 3.8) is 0 Å². The van der Waals surface area contributed by atoms with Crippen molar-refractivity contribution in [2.24, 2.45) is 5.41 Å². The molecule has 0 heterocycles. The first kappa shape index (κ1) is 13.6. The van der Waals surface area contributed by atoms with E-state index in [1.165, 1.54) is 18.9 Å². The zero-order valence-electron chi connectivity index (χ0n) is 11.4. The number of nitro groups is 1. The number of benzene rings is 1. The van der Waals surface area contributed by atoms with Crippen LogP contribution in [0.1, 0.15) is 33.1 Å². The molecule has 1 aliphatic carbocycles. The van der Waals surface area contributed by atoms with Crippen LogP contribution in [-0.4, -0.2) is 18.1 Å². The highest BCUT2D eigenvalue weighted by atomic mass is 16.6. The Balaban J connectivity index is 2.09. The maximum atomic E-state index is 10.9. The van der Waals surface area contributed by atoms with Crippen molar-refractivity contribution in [3.05, 3.63) is 28.3 Å². The van der Waals surface area contributed by atoms with Crippen LogP contribution in [0.2, 0.25) is 0 Å². The minimum Gasteiger partial charge on any atom is -0.487 e. The van der Waals surface area contributed by atoms with Crippen LogP contribution in [0.3, 0.4) is 0 Å². The highest BCUT2D eigenvalue weighted by Crippen LogP contribution is 2.45. The average molecular weight is 264 g/mol. The molecule has 1 saturated carbocycles. The highest BCUT2D eigenvalue weighted by Gasteiger charge is 2.36. The van der Waals surface area contributed by atoms with E-state index >= 15 is 0 Å². The van der Waals surface area contributed by atoms with Crippen LogP contribution in [0, 0.1) is 15.5 Å². The van der Waals surface area contributed by atoms with Crippen molar-refractivity contribution < 1.29 is 9.66 Å². The van der Waals surface area contributed by atoms with Gasteiger partial charge in [-0.15, -0.1) is 0 Å². The molecule has 1 aliphatic rings. The predicted molar refractivity (Wildman–Crippen MR) is 74.7 cm³/mol. The topological polar surface area (TPSA) is 64.4 Å². The second-order valence-corrected chi connectivity index (χ2v) is 5.45. The minimum absolute atomic E-state index is 0.0247. The molecule has 1 N–H and O–H groups in total. The van der Waals surface area contributed by atoms with Gasteiger partial charge in [-0.3, -0.25) is 10.1 Å². The Morgan fingerprint density at radius 1 is 1.47 bits per heavy atom. The summed E-state index contributed by atoms with van der Waals surface area (Å²) < 4.78 is 5.45. The van der Waals surface area contributed by atoms with Gasteiger partial charge >= 0.3 is 5.69 Å². The van der Waals surface area contributed by atoms with E-state index in [2.05, 4.69) is 12.2 Å². The second-order valence-electron chi connectivity index (χ2n) is 5.45. The third kappa shape index (κ3) is 3.59. The molecule has 104 valence electrons. The van der Waals surface area contributed by atoms with Gasteiger partial charge in [0.25, 0.3) is 0 Å². The van der Waals surface area contributed by atoms with E-state index in [0.717, 1.165) is 18.7 Å². The van der Waals surface area contributed by atoms with Crippen LogP contribution >= 0.6 is 0 Å². The number of nitrogens with one attached hydrogen (secondary N) is 1. The SMILES string of the molecule is CCCOc1cc(NCC2(C)CC2)ccc1[N+](=O)[O-]. The summed E-state index contributed by atoms with van der Waals surface area (Å²) in [5.74, 6) is 0.345. The van der Waals surface area contributed by atoms with Gasteiger partial charge in [0.15, 0.2) is 5.75 Å². The fraction of sp³-hybridized carbons (Fsp3) is 0.571. The molecule has 1 aromatic carbocycles. The molecule has 5 nitrogen and oxygen atoms in total. The van der Waals surface area contributed by atoms with Crippen molar-refractivity contribution in [3.8, 4) is 5.75 Å². The normalized spacial score (nSPS) is 15.9. The Kier molecular flexibility index (Phi) is 3.93. The second kappa shape index (κ2) is 5.47. The van der Waals surface area contributed by atoms with Gasteiger partial charge in [0, 0.05) is 24.4 Å². The average Bonchev–Trinajstić information content (AvgIpc) is 3.12. The smallest absolute Gasteiger partial charge is 0.311 e. The molecular formula is C14H20N2O3. The molecule has 0 bridgehead atoms. The molecule has 0 aromatic heterocycles. The summed E-state index contributed by atoms with van der Waals surface area (Å²) in [4.78, 5) is 10.5. The van der Waals surface area contributed by atoms with Gasteiger partial charge in [0.05, 0.1) is 11.5 Å². The third-order valence-electron chi connectivity index (χ3n) is 3.44. The largest absolute Gasteiger partial charge is 0.487 e. The zero-order valence-corrected chi connectivity index (χ0v) is 11.4. The molecule has 0 aliphatic heterocycles. The molecular weight excluding hydrogens is 244 g/mol. The fourth-order valence-electron chi connectivity index (χ4n) is 1.81. The number of nitrogens with zero attached hydrogens (tertiary/aromatic N) is 1. The van der Waals surface area contributed by atoms with Gasteiger partial charge in [-0.05, 0) is 30.7 Å². The van der Waals surface area contributed by atoms with Crippen molar-refractivity contribution in [2.45, 2.75) is 33.1 Å². The molecule has 0 unspecified atom stereocenters. The lowest BCUT2D eigenvalue weighted by molar-refractivity contribution is -0.385. The van der Waals surface area contributed by atoms with Crippen LogP contribution in [0.25, 0.3) is 0 Å². The number of hydrogen-bond donors (Lipinski definition) is 1. The lowest BCUT2D eigenvalue weighted by atomic mass is 10.1. The summed E-state index contributed by atoms with van der Waals surface area (Å²) in [6.45, 7) is 5.60. The number of anilines is 1. The fourth-order valence-corrected chi connectivity index (χ4v) is 1.81. The van der Waals surface area contributed by atoms with Crippen molar-refractivity contribution in [2.75, 3.05) is 18.5 Å². The van der Waals surface area contributed by atoms with Crippen molar-refractivity contribution >= 4 is 11.4 Å². The highest BCUT2D eigenvalue weighted by molar-refractivity contribution is 5.58. The van der Waals surface area contributed by atoms with Crippen LogP contribution in [0.4, 0.5) is 11.4 Å². The number of ether oxygens (including phenoxy) is 1. The van der Waals surface area contributed by atoms with E-state index in [0.29, 0.717) is 17.8 Å². The van der Waals surface area contributed by atoms with E-state index in [9.17, 15) is 10.1 Å². The van der Waals surface area contributed by atoms with E-state index in [1.54, 1.807) is 12.1 Å². The quantitative estimate of drug-likeness (QED) is 0.603. The molecule has 0 spiro atoms. The molecule has 0 atom stereocenters. The molecule has 1 aromatic rings. The number of nitro benzene ring substituents is 1. The molecule has 2 rings (SSSR count). The van der Waals surface area contributed by atoms with Crippen molar-refractivity contribution in [1.82, 2.24) is 0 Å². The van der Waals surface area contributed by atoms with Gasteiger partial charge in [0.1, 0.15) is 0 Å². The van der Waals surface area contributed by atoms with Crippen LogP contribution in [-0.2, 0) is 0 Å². The minimum atomic E-state index is -0.406. The molecule has 5 heteroatoms. The standard InChI is InChI=1S/C14H20N2O3/c1-3-8-19-13-9-11(4-5-12(13)16(17)18)15-10-14(2)6-7-14/h4-5,9,15H,3,6-8,10H2,1-2H3. The van der Waals surface area contributed by atoms with Gasteiger partial charge in [-0.2, -0.15) is 0 Å². The summed E-state index contributed by atoms with van der Waals surface area (Å²) in [6, 6.07) is 4.96. The van der Waals surface area contributed by atoms with E-state index in [-0.39, 0.29) is 5.69 Å². The summed E-state index contributed by atoms with van der Waals surface area (Å²) in [7, 11) is 0. The Labute approximate surface area is 113 Å². The Bertz CT molecular complexity index is 470. The first-order valence-corrected chi connectivity index (χ1v) is 6.69. The Morgan fingerprint density at radius 3 is 2.79 bits per heavy atom. The Morgan fingerprint density at radius 2 is 2.21 bits per heavy atom. The molecule has 19 heavy (non-hydrogen) atoms. The summed E-state index contributed by atoms with van der Waals surface area (Å²) in [5, 5.41) is 14.3. The van der Waals surface area contributed by atoms with Crippen LogP contribution in [0.15, 0.2) is 18.2 Å². The third-order valence-corrected chi connectivity index (χ3v) is 3.44. The summed E-state index contributed by atoms with van der Waals surface area (Å²) in [5.41, 5.74) is 1.30. The summed E-state index contributed by atoms with van der Waals surface area (Å²) >= 11 is 0. The maximum absolute atomic E-state index is 10.9. The van der Waals surface area contributed by atoms with E-state index < -0.39 is 4.92 Å². The number of hydrogen-bond acceptors (Lipinski definition) is 4. The van der Waals surface area contributed by atoms with Gasteiger partial charge in [-0.1, -0.05) is 13.8 Å². The molecule has 1 fully saturated rings. The lowest BCUT2D eigenvalue weighted by Crippen LogP contribution is -2.11. The van der Waals surface area contributed by atoms with Crippen molar-refractivity contribution in [1.29, 1.82) is 0 Å². The lowest BCUT2D eigenvalue weighted by Gasteiger charge is -2.13. The predicted octanol–water partition coefficient (Wildman–Crippen LogP) is 3.60. The zero-order chi connectivity index (χ0) is 13.9. The molecule has 0 amide bonds. The Hall–Kier alpha value is -1.78. The first-order valence-electron chi connectivity index (χ1n) is 6.69.